The Bertz CT molecular complexity index is 1040. The van der Waals surface area contributed by atoms with Gasteiger partial charge in [0.15, 0.2) is 16.3 Å². The number of imidazole rings is 1. The van der Waals surface area contributed by atoms with E-state index in [2.05, 4.69) is 43.1 Å². The van der Waals surface area contributed by atoms with Crippen molar-refractivity contribution in [2.45, 2.75) is 37.7 Å². The Morgan fingerprint density at radius 2 is 1.72 bits per heavy atom. The van der Waals surface area contributed by atoms with Gasteiger partial charge < -0.3 is 4.57 Å². The van der Waals surface area contributed by atoms with Crippen molar-refractivity contribution in [1.82, 2.24) is 18.7 Å². The lowest BCUT2D eigenvalue weighted by Crippen LogP contribution is -2.37. The van der Waals surface area contributed by atoms with Gasteiger partial charge in [-0.1, -0.05) is 55.4 Å². The first-order chi connectivity index (χ1) is 11.8. The molecular weight excluding hydrogens is 336 g/mol. The second-order valence-corrected chi connectivity index (χ2v) is 8.05. The molecule has 3 aromatic rings. The Kier molecular flexibility index (Phi) is 4.60. The zero-order valence-corrected chi connectivity index (χ0v) is 15.9. The van der Waals surface area contributed by atoms with Crippen LogP contribution in [0.1, 0.15) is 25.0 Å². The van der Waals surface area contributed by atoms with Gasteiger partial charge in [-0.05, 0) is 12.5 Å². The maximum Gasteiger partial charge on any atom is 0.332 e. The third-order valence-corrected chi connectivity index (χ3v) is 5.11. The minimum atomic E-state index is -0.362. The highest BCUT2D eigenvalue weighted by atomic mass is 32.2. The van der Waals surface area contributed by atoms with Crippen LogP contribution in [-0.2, 0) is 20.6 Å². The average molecular weight is 358 g/mol. The van der Waals surface area contributed by atoms with Gasteiger partial charge in [0.25, 0.3) is 5.56 Å². The summed E-state index contributed by atoms with van der Waals surface area (Å²) in [7, 11) is 3.15. The van der Waals surface area contributed by atoms with Gasteiger partial charge >= 0.3 is 5.69 Å². The molecule has 0 N–H and O–H groups in total. The maximum absolute atomic E-state index is 12.7. The number of benzene rings is 1. The largest absolute Gasteiger partial charge is 0.332 e. The van der Waals surface area contributed by atoms with Crippen LogP contribution in [0.3, 0.4) is 0 Å². The molecule has 0 aliphatic heterocycles. The highest BCUT2D eigenvalue weighted by Crippen LogP contribution is 2.26. The minimum Gasteiger partial charge on any atom is -0.309 e. The number of hydrogen-bond acceptors (Lipinski definition) is 4. The second-order valence-electron chi connectivity index (χ2n) is 6.51. The molecule has 0 saturated heterocycles. The van der Waals surface area contributed by atoms with E-state index in [-0.39, 0.29) is 11.2 Å². The molecule has 0 fully saturated rings. The average Bonchev–Trinajstić information content (AvgIpc) is 2.91. The van der Waals surface area contributed by atoms with Gasteiger partial charge in [0, 0.05) is 19.3 Å². The van der Waals surface area contributed by atoms with Crippen LogP contribution < -0.4 is 11.2 Å². The fourth-order valence-electron chi connectivity index (χ4n) is 2.75. The first-order valence-electron chi connectivity index (χ1n) is 8.18. The Balaban J connectivity index is 2.28. The zero-order chi connectivity index (χ0) is 18.3. The third-order valence-electron chi connectivity index (χ3n) is 4.12. The molecule has 0 unspecified atom stereocenters. The molecule has 1 aromatic carbocycles. The molecular formula is C18H22N4O2S. The number of rotatable bonds is 4. The van der Waals surface area contributed by atoms with Crippen LogP contribution in [0.15, 0.2) is 39.0 Å². The Labute approximate surface area is 150 Å². The molecule has 7 heteroatoms. The maximum atomic E-state index is 12.7. The molecule has 0 radical (unpaired) electrons. The van der Waals surface area contributed by atoms with Gasteiger partial charge in [-0.3, -0.25) is 13.9 Å². The number of aromatic nitrogens is 4. The van der Waals surface area contributed by atoms with E-state index in [4.69, 9.17) is 0 Å². The van der Waals surface area contributed by atoms with Gasteiger partial charge in [0.1, 0.15) is 0 Å². The summed E-state index contributed by atoms with van der Waals surface area (Å²) < 4.78 is 4.50. The summed E-state index contributed by atoms with van der Waals surface area (Å²) in [5, 5.41) is 1.07. The lowest BCUT2D eigenvalue weighted by Gasteiger charge is -2.11. The Hall–Kier alpha value is -2.28. The molecule has 132 valence electrons. The van der Waals surface area contributed by atoms with E-state index in [1.54, 1.807) is 18.8 Å². The standard InChI is InChI=1S/C18H22N4O2S/c1-11(2)25-17-19-15-14(16(23)21(5)18(24)20(15)4)22(17)10-13-8-6-12(3)7-9-13/h6-9,11H,10H2,1-5H3. The summed E-state index contributed by atoms with van der Waals surface area (Å²) in [4.78, 5) is 29.6. The number of hydrogen-bond donors (Lipinski definition) is 0. The monoisotopic (exact) mass is 358 g/mol. The van der Waals surface area contributed by atoms with E-state index in [1.165, 1.54) is 17.2 Å². The van der Waals surface area contributed by atoms with E-state index in [0.717, 1.165) is 15.3 Å². The number of thioether (sulfide) groups is 1. The molecule has 6 nitrogen and oxygen atoms in total. The first kappa shape index (κ1) is 17.5. The van der Waals surface area contributed by atoms with Gasteiger partial charge in [-0.25, -0.2) is 9.78 Å². The molecule has 0 aliphatic carbocycles. The summed E-state index contributed by atoms with van der Waals surface area (Å²) in [5.74, 6) is 0. The van der Waals surface area contributed by atoms with Gasteiger partial charge in [-0.15, -0.1) is 0 Å². The number of nitrogens with zero attached hydrogens (tertiary/aromatic N) is 4. The Morgan fingerprint density at radius 1 is 1.08 bits per heavy atom. The zero-order valence-electron chi connectivity index (χ0n) is 15.1. The van der Waals surface area contributed by atoms with E-state index < -0.39 is 0 Å². The smallest absolute Gasteiger partial charge is 0.309 e. The topological polar surface area (TPSA) is 61.8 Å². The molecule has 2 aromatic heterocycles. The lowest BCUT2D eigenvalue weighted by molar-refractivity contribution is 0.696. The highest BCUT2D eigenvalue weighted by molar-refractivity contribution is 7.99. The van der Waals surface area contributed by atoms with Crippen LogP contribution in [-0.4, -0.2) is 23.9 Å². The predicted molar refractivity (Wildman–Crippen MR) is 101 cm³/mol. The molecule has 0 amide bonds. The highest BCUT2D eigenvalue weighted by Gasteiger charge is 2.20. The van der Waals surface area contributed by atoms with Gasteiger partial charge in [-0.2, -0.15) is 0 Å². The lowest BCUT2D eigenvalue weighted by atomic mass is 10.1. The van der Waals surface area contributed by atoms with Crippen molar-refractivity contribution < 1.29 is 0 Å². The summed E-state index contributed by atoms with van der Waals surface area (Å²) in [6.45, 7) is 6.75. The predicted octanol–water partition coefficient (Wildman–Crippen LogP) is 2.29. The van der Waals surface area contributed by atoms with Gasteiger partial charge in [0.2, 0.25) is 0 Å². The van der Waals surface area contributed by atoms with Crippen LogP contribution in [0.5, 0.6) is 0 Å². The van der Waals surface area contributed by atoms with Crippen LogP contribution in [0.4, 0.5) is 0 Å². The molecule has 0 spiro atoms. The first-order valence-corrected chi connectivity index (χ1v) is 9.06. The SMILES string of the molecule is Cc1ccc(Cn2c(SC(C)C)nc3c2c(=O)n(C)c(=O)n3C)cc1. The minimum absolute atomic E-state index is 0.312. The van der Waals surface area contributed by atoms with Crippen molar-refractivity contribution in [2.75, 3.05) is 0 Å². The molecule has 2 heterocycles. The van der Waals surface area contributed by atoms with Crippen molar-refractivity contribution in [3.8, 4) is 0 Å². The fourth-order valence-corrected chi connectivity index (χ4v) is 3.59. The van der Waals surface area contributed by atoms with E-state index in [9.17, 15) is 9.59 Å². The second kappa shape index (κ2) is 6.55. The summed E-state index contributed by atoms with van der Waals surface area (Å²) >= 11 is 1.59. The number of fused-ring (bicyclic) bond motifs is 1. The van der Waals surface area contributed by atoms with Crippen LogP contribution in [0.2, 0.25) is 0 Å². The fraction of sp³-hybridized carbons (Fsp3) is 0.389. The van der Waals surface area contributed by atoms with Crippen molar-refractivity contribution >= 4 is 22.9 Å². The van der Waals surface area contributed by atoms with Crippen molar-refractivity contribution in [1.29, 1.82) is 0 Å². The van der Waals surface area contributed by atoms with E-state index in [0.29, 0.717) is 23.0 Å². The molecule has 0 aliphatic rings. The summed E-state index contributed by atoms with van der Waals surface area (Å²) in [5.41, 5.74) is 2.50. The van der Waals surface area contributed by atoms with Crippen molar-refractivity contribution in [2.24, 2.45) is 14.1 Å². The molecule has 25 heavy (non-hydrogen) atoms. The summed E-state index contributed by atoms with van der Waals surface area (Å²) in [6, 6.07) is 8.21. The molecule has 3 rings (SSSR count). The van der Waals surface area contributed by atoms with Crippen LogP contribution in [0, 0.1) is 6.92 Å². The van der Waals surface area contributed by atoms with Crippen molar-refractivity contribution in [3.63, 3.8) is 0 Å². The number of aryl methyl sites for hydroxylation is 2. The van der Waals surface area contributed by atoms with E-state index in [1.807, 2.05) is 11.5 Å². The normalized spacial score (nSPS) is 11.6. The van der Waals surface area contributed by atoms with Crippen molar-refractivity contribution in [3.05, 3.63) is 56.2 Å². The third kappa shape index (κ3) is 3.16. The van der Waals surface area contributed by atoms with Crippen LogP contribution in [0.25, 0.3) is 11.2 Å². The quantitative estimate of drug-likeness (QED) is 0.672. The molecule has 0 bridgehead atoms. The van der Waals surface area contributed by atoms with Crippen LogP contribution >= 0.6 is 11.8 Å². The molecule has 0 atom stereocenters. The Morgan fingerprint density at radius 3 is 2.32 bits per heavy atom. The molecule has 0 saturated carbocycles. The van der Waals surface area contributed by atoms with E-state index >= 15 is 0 Å². The van der Waals surface area contributed by atoms with Gasteiger partial charge in [0.05, 0.1) is 6.54 Å². The summed E-state index contributed by atoms with van der Waals surface area (Å²) in [6.07, 6.45) is 0.